The van der Waals surface area contributed by atoms with Crippen molar-refractivity contribution in [2.45, 2.75) is 51.5 Å². The van der Waals surface area contributed by atoms with Gasteiger partial charge >= 0.3 is 0 Å². The second-order valence-corrected chi connectivity index (χ2v) is 7.04. The van der Waals surface area contributed by atoms with E-state index >= 15 is 0 Å². The van der Waals surface area contributed by atoms with Gasteiger partial charge in [-0.3, -0.25) is 4.79 Å². The van der Waals surface area contributed by atoms with E-state index in [1.54, 1.807) is 0 Å². The largest absolute Gasteiger partial charge is 0.375 e. The molecule has 27 heavy (non-hydrogen) atoms. The Bertz CT molecular complexity index is 636. The molecule has 0 saturated carbocycles. The van der Waals surface area contributed by atoms with Crippen molar-refractivity contribution in [2.75, 3.05) is 13.2 Å². The molecule has 3 rings (SSSR count). The van der Waals surface area contributed by atoms with Crippen LogP contribution in [0, 0.1) is 0 Å². The number of ether oxygens (including phenoxy) is 2. The molecule has 1 saturated heterocycles. The zero-order chi connectivity index (χ0) is 18.9. The number of hydrogen-bond acceptors (Lipinski definition) is 3. The number of carbonyl (C=O) groups is 1. The van der Waals surface area contributed by atoms with Crippen molar-refractivity contribution in [1.29, 1.82) is 0 Å². The van der Waals surface area contributed by atoms with Gasteiger partial charge in [-0.1, -0.05) is 67.6 Å². The van der Waals surface area contributed by atoms with Crippen LogP contribution in [0.4, 0.5) is 0 Å². The Kier molecular flexibility index (Phi) is 7.43. The Morgan fingerprint density at radius 1 is 0.852 bits per heavy atom. The summed E-state index contributed by atoms with van der Waals surface area (Å²) in [6.45, 7) is 4.25. The number of hydrogen-bond donors (Lipinski definition) is 0. The Hall–Kier alpha value is -2.17. The van der Waals surface area contributed by atoms with Crippen LogP contribution < -0.4 is 0 Å². The smallest absolute Gasteiger partial charge is 0.222 e. The van der Waals surface area contributed by atoms with E-state index in [1.165, 1.54) is 0 Å². The average molecular weight is 367 g/mol. The molecule has 0 aliphatic carbocycles. The maximum atomic E-state index is 12.5. The number of nitrogens with zero attached hydrogens (tertiary/aromatic N) is 1. The van der Waals surface area contributed by atoms with Crippen LogP contribution in [0.15, 0.2) is 60.7 Å². The van der Waals surface area contributed by atoms with Crippen molar-refractivity contribution < 1.29 is 14.3 Å². The van der Waals surface area contributed by atoms with Gasteiger partial charge in [0.2, 0.25) is 5.91 Å². The number of rotatable bonds is 9. The molecule has 1 heterocycles. The lowest BCUT2D eigenvalue weighted by Gasteiger charge is -2.30. The molecular formula is C23H29NO3. The highest BCUT2D eigenvalue weighted by Gasteiger charge is 2.36. The summed E-state index contributed by atoms with van der Waals surface area (Å²) >= 11 is 0. The van der Waals surface area contributed by atoms with Crippen molar-refractivity contribution in [1.82, 2.24) is 4.90 Å². The first-order chi connectivity index (χ1) is 13.3. The third-order valence-electron chi connectivity index (χ3n) is 5.05. The summed E-state index contributed by atoms with van der Waals surface area (Å²) in [5, 5.41) is 0. The van der Waals surface area contributed by atoms with E-state index in [1.807, 2.05) is 48.2 Å². The second-order valence-electron chi connectivity index (χ2n) is 7.04. The second kappa shape index (κ2) is 10.2. The summed E-state index contributed by atoms with van der Waals surface area (Å²) in [4.78, 5) is 14.5. The monoisotopic (exact) mass is 367 g/mol. The molecule has 0 N–H and O–H groups in total. The van der Waals surface area contributed by atoms with Crippen LogP contribution in [0.25, 0.3) is 0 Å². The molecule has 1 aliphatic rings. The minimum Gasteiger partial charge on any atom is -0.375 e. The summed E-state index contributed by atoms with van der Waals surface area (Å²) in [5.41, 5.74) is 2.32. The number of benzene rings is 2. The SMILES string of the molecule is CCC(=O)N1[C@H](COCc2ccccc2)CC[C@H]1COCc1ccccc1. The van der Waals surface area contributed by atoms with E-state index in [2.05, 4.69) is 24.3 Å². The molecule has 0 aromatic heterocycles. The van der Waals surface area contributed by atoms with Crippen LogP contribution in [-0.2, 0) is 27.5 Å². The number of carbonyl (C=O) groups excluding carboxylic acids is 1. The molecule has 0 radical (unpaired) electrons. The Morgan fingerprint density at radius 3 is 1.70 bits per heavy atom. The highest BCUT2D eigenvalue weighted by atomic mass is 16.5. The van der Waals surface area contributed by atoms with Crippen LogP contribution in [-0.4, -0.2) is 36.1 Å². The van der Waals surface area contributed by atoms with Gasteiger partial charge in [-0.05, 0) is 24.0 Å². The lowest BCUT2D eigenvalue weighted by Crippen LogP contribution is -2.44. The van der Waals surface area contributed by atoms with E-state index in [0.717, 1.165) is 24.0 Å². The zero-order valence-corrected chi connectivity index (χ0v) is 16.0. The van der Waals surface area contributed by atoms with Gasteiger partial charge in [0, 0.05) is 6.42 Å². The molecule has 2 atom stereocenters. The molecule has 4 nitrogen and oxygen atoms in total. The fourth-order valence-electron chi connectivity index (χ4n) is 3.65. The molecule has 144 valence electrons. The Morgan fingerprint density at radius 2 is 1.30 bits per heavy atom. The first-order valence-corrected chi connectivity index (χ1v) is 9.82. The molecule has 0 unspecified atom stereocenters. The minimum absolute atomic E-state index is 0.145. The van der Waals surface area contributed by atoms with Gasteiger partial charge < -0.3 is 14.4 Å². The molecule has 2 aromatic carbocycles. The zero-order valence-electron chi connectivity index (χ0n) is 16.0. The van der Waals surface area contributed by atoms with Crippen molar-refractivity contribution >= 4 is 5.91 Å². The summed E-state index contributed by atoms with van der Waals surface area (Å²) in [6.07, 6.45) is 2.46. The topological polar surface area (TPSA) is 38.8 Å². The lowest BCUT2D eigenvalue weighted by molar-refractivity contribution is -0.136. The van der Waals surface area contributed by atoms with Gasteiger partial charge in [0.15, 0.2) is 0 Å². The van der Waals surface area contributed by atoms with E-state index in [0.29, 0.717) is 32.8 Å². The molecule has 2 aromatic rings. The Balaban J connectivity index is 1.50. The van der Waals surface area contributed by atoms with Crippen LogP contribution in [0.2, 0.25) is 0 Å². The third kappa shape index (κ3) is 5.65. The van der Waals surface area contributed by atoms with Crippen molar-refractivity contribution in [3.05, 3.63) is 71.8 Å². The molecule has 1 aliphatic heterocycles. The van der Waals surface area contributed by atoms with Crippen molar-refractivity contribution in [3.8, 4) is 0 Å². The van der Waals surface area contributed by atoms with Gasteiger partial charge in [-0.25, -0.2) is 0 Å². The van der Waals surface area contributed by atoms with Crippen LogP contribution in [0.1, 0.15) is 37.3 Å². The average Bonchev–Trinajstić information content (AvgIpc) is 3.12. The molecular weight excluding hydrogens is 338 g/mol. The molecule has 1 fully saturated rings. The van der Waals surface area contributed by atoms with Crippen LogP contribution >= 0.6 is 0 Å². The quantitative estimate of drug-likeness (QED) is 0.667. The summed E-state index contributed by atoms with van der Waals surface area (Å²) in [6, 6.07) is 20.6. The highest BCUT2D eigenvalue weighted by Crippen LogP contribution is 2.26. The maximum absolute atomic E-state index is 12.5. The van der Waals surface area contributed by atoms with Gasteiger partial charge in [0.05, 0.1) is 38.5 Å². The Labute approximate surface area is 162 Å². The predicted octanol–water partition coefficient (Wildman–Crippen LogP) is 4.19. The fourth-order valence-corrected chi connectivity index (χ4v) is 3.65. The van der Waals surface area contributed by atoms with E-state index < -0.39 is 0 Å². The summed E-state index contributed by atoms with van der Waals surface area (Å²) < 4.78 is 11.8. The van der Waals surface area contributed by atoms with Crippen molar-refractivity contribution in [3.63, 3.8) is 0 Å². The van der Waals surface area contributed by atoms with Crippen molar-refractivity contribution in [2.24, 2.45) is 0 Å². The van der Waals surface area contributed by atoms with E-state index in [9.17, 15) is 4.79 Å². The summed E-state index contributed by atoms with van der Waals surface area (Å²) in [5.74, 6) is 0.189. The molecule has 4 heteroatoms. The van der Waals surface area contributed by atoms with E-state index in [-0.39, 0.29) is 18.0 Å². The van der Waals surface area contributed by atoms with Gasteiger partial charge in [-0.15, -0.1) is 0 Å². The summed E-state index contributed by atoms with van der Waals surface area (Å²) in [7, 11) is 0. The van der Waals surface area contributed by atoms with E-state index in [4.69, 9.17) is 9.47 Å². The van der Waals surface area contributed by atoms with Gasteiger partial charge in [0.1, 0.15) is 0 Å². The molecule has 0 bridgehead atoms. The highest BCUT2D eigenvalue weighted by molar-refractivity contribution is 5.77. The van der Waals surface area contributed by atoms with Crippen LogP contribution in [0.5, 0.6) is 0 Å². The lowest BCUT2D eigenvalue weighted by atomic mass is 10.2. The first kappa shape index (κ1) is 19.6. The minimum atomic E-state index is 0.145. The van der Waals surface area contributed by atoms with Crippen LogP contribution in [0.3, 0.4) is 0 Å². The predicted molar refractivity (Wildman–Crippen MR) is 106 cm³/mol. The number of likely N-dealkylation sites (tertiary alicyclic amines) is 1. The number of amides is 1. The maximum Gasteiger partial charge on any atom is 0.222 e. The normalized spacial score (nSPS) is 19.4. The standard InChI is InChI=1S/C23H29NO3/c1-2-23(25)24-21(17-26-15-19-9-5-3-6-10-19)13-14-22(24)18-27-16-20-11-7-4-8-12-20/h3-12,21-22H,2,13-18H2,1H3/t21-,22-/m0/s1. The van der Waals surface area contributed by atoms with Gasteiger partial charge in [-0.2, -0.15) is 0 Å². The third-order valence-corrected chi connectivity index (χ3v) is 5.05. The fraction of sp³-hybridized carbons (Fsp3) is 0.435. The molecule has 1 amide bonds. The molecule has 0 spiro atoms. The van der Waals surface area contributed by atoms with Gasteiger partial charge in [0.25, 0.3) is 0 Å². The first-order valence-electron chi connectivity index (χ1n) is 9.82.